The summed E-state index contributed by atoms with van der Waals surface area (Å²) in [5.41, 5.74) is 7.00. The van der Waals surface area contributed by atoms with Gasteiger partial charge in [-0.05, 0) is 43.5 Å². The van der Waals surface area contributed by atoms with Crippen LogP contribution in [0.15, 0.2) is 24.3 Å². The molecule has 0 radical (unpaired) electrons. The van der Waals surface area contributed by atoms with Gasteiger partial charge in [-0.15, -0.1) is 0 Å². The molecule has 1 saturated carbocycles. The Morgan fingerprint density at radius 2 is 1.95 bits per heavy atom. The van der Waals surface area contributed by atoms with E-state index in [2.05, 4.69) is 10.6 Å². The molecule has 0 spiro atoms. The van der Waals surface area contributed by atoms with Gasteiger partial charge in [0.15, 0.2) is 0 Å². The van der Waals surface area contributed by atoms with Gasteiger partial charge in [0.2, 0.25) is 5.91 Å². The van der Waals surface area contributed by atoms with Crippen molar-refractivity contribution in [3.8, 4) is 0 Å². The Balaban J connectivity index is 1.90. The number of carbonyl (C=O) groups is 2. The molecule has 1 atom stereocenters. The number of nitrogens with two attached hydrogens (primary N) is 1. The van der Waals surface area contributed by atoms with Gasteiger partial charge < -0.3 is 16.4 Å². The van der Waals surface area contributed by atoms with E-state index in [1.807, 2.05) is 6.92 Å². The minimum Gasteiger partial charge on any atom is -0.349 e. The molecule has 0 heterocycles. The van der Waals surface area contributed by atoms with Crippen LogP contribution in [-0.4, -0.2) is 23.9 Å². The number of carbonyl (C=O) groups excluding carboxylic acids is 2. The average Bonchev–Trinajstić information content (AvgIpc) is 3.23. The van der Waals surface area contributed by atoms with Gasteiger partial charge >= 0.3 is 0 Å². The van der Waals surface area contributed by atoms with Crippen LogP contribution in [0.2, 0.25) is 0 Å². The van der Waals surface area contributed by atoms with E-state index in [1.54, 1.807) is 24.3 Å². The zero-order valence-electron chi connectivity index (χ0n) is 11.7. The first kappa shape index (κ1) is 14.5. The van der Waals surface area contributed by atoms with Crippen molar-refractivity contribution >= 4 is 17.5 Å². The van der Waals surface area contributed by atoms with Gasteiger partial charge in [0, 0.05) is 17.3 Å². The van der Waals surface area contributed by atoms with Crippen LogP contribution in [0.5, 0.6) is 0 Å². The van der Waals surface area contributed by atoms with Crippen LogP contribution in [0.1, 0.15) is 43.0 Å². The molecule has 1 aliphatic carbocycles. The average molecular weight is 275 g/mol. The van der Waals surface area contributed by atoms with Gasteiger partial charge in [0.05, 0.1) is 6.04 Å². The van der Waals surface area contributed by atoms with Gasteiger partial charge in [-0.2, -0.15) is 0 Å². The summed E-state index contributed by atoms with van der Waals surface area (Å²) in [6, 6.07) is 6.71. The second-order valence-corrected chi connectivity index (χ2v) is 5.21. The largest absolute Gasteiger partial charge is 0.349 e. The van der Waals surface area contributed by atoms with Crippen LogP contribution in [0.3, 0.4) is 0 Å². The van der Waals surface area contributed by atoms with E-state index in [4.69, 9.17) is 5.73 Å². The number of benzene rings is 1. The molecule has 1 aliphatic rings. The smallest absolute Gasteiger partial charge is 0.251 e. The molecule has 0 aromatic heterocycles. The fourth-order valence-corrected chi connectivity index (χ4v) is 1.88. The molecule has 108 valence electrons. The third kappa shape index (κ3) is 4.06. The molecule has 2 rings (SSSR count). The highest BCUT2D eigenvalue weighted by molar-refractivity contribution is 5.97. The van der Waals surface area contributed by atoms with Crippen molar-refractivity contribution in [3.05, 3.63) is 29.8 Å². The van der Waals surface area contributed by atoms with Crippen molar-refractivity contribution in [2.24, 2.45) is 5.73 Å². The molecule has 0 saturated heterocycles. The van der Waals surface area contributed by atoms with Crippen molar-refractivity contribution in [2.45, 2.75) is 44.7 Å². The van der Waals surface area contributed by atoms with Crippen molar-refractivity contribution in [1.29, 1.82) is 0 Å². The number of anilines is 1. The maximum absolute atomic E-state index is 11.8. The number of hydrogen-bond donors (Lipinski definition) is 3. The Hall–Kier alpha value is -1.88. The fraction of sp³-hybridized carbons (Fsp3) is 0.467. The summed E-state index contributed by atoms with van der Waals surface area (Å²) < 4.78 is 0. The lowest BCUT2D eigenvalue weighted by molar-refractivity contribution is -0.117. The summed E-state index contributed by atoms with van der Waals surface area (Å²) in [6.45, 7) is 1.99. The highest BCUT2D eigenvalue weighted by atomic mass is 16.2. The Bertz CT molecular complexity index is 480. The van der Waals surface area contributed by atoms with Crippen molar-refractivity contribution < 1.29 is 9.59 Å². The molecule has 5 heteroatoms. The van der Waals surface area contributed by atoms with Crippen LogP contribution in [0.25, 0.3) is 0 Å². The first-order valence-electron chi connectivity index (χ1n) is 7.07. The predicted octanol–water partition coefficient (Wildman–Crippen LogP) is 1.64. The highest BCUT2D eigenvalue weighted by Crippen LogP contribution is 2.19. The second kappa shape index (κ2) is 6.52. The van der Waals surface area contributed by atoms with Gasteiger partial charge in [-0.25, -0.2) is 0 Å². The SMILES string of the molecule is CCC[C@@H](N)C(=O)Nc1ccc(C(=O)NC2CC2)cc1. The summed E-state index contributed by atoms with van der Waals surface area (Å²) in [7, 11) is 0. The van der Waals surface area contributed by atoms with Gasteiger partial charge in [0.1, 0.15) is 0 Å². The molecular weight excluding hydrogens is 254 g/mol. The lowest BCUT2D eigenvalue weighted by Crippen LogP contribution is -2.35. The normalized spacial score (nSPS) is 15.5. The molecule has 1 aromatic carbocycles. The molecule has 20 heavy (non-hydrogen) atoms. The molecule has 0 unspecified atom stereocenters. The van der Waals surface area contributed by atoms with E-state index in [0.717, 1.165) is 19.3 Å². The van der Waals surface area contributed by atoms with Crippen LogP contribution in [0.4, 0.5) is 5.69 Å². The van der Waals surface area contributed by atoms with Gasteiger partial charge in [-0.1, -0.05) is 13.3 Å². The Morgan fingerprint density at radius 1 is 1.30 bits per heavy atom. The standard InChI is InChI=1S/C15H21N3O2/c1-2-3-13(16)15(20)18-11-6-4-10(5-7-11)14(19)17-12-8-9-12/h4-7,12-13H,2-3,8-9,16H2,1H3,(H,17,19)(H,18,20)/t13-/m1/s1. The zero-order valence-corrected chi connectivity index (χ0v) is 11.7. The molecule has 1 aromatic rings. The monoisotopic (exact) mass is 275 g/mol. The lowest BCUT2D eigenvalue weighted by atomic mass is 10.1. The van der Waals surface area contributed by atoms with E-state index in [-0.39, 0.29) is 11.8 Å². The Morgan fingerprint density at radius 3 is 2.50 bits per heavy atom. The van der Waals surface area contributed by atoms with Crippen LogP contribution in [-0.2, 0) is 4.79 Å². The summed E-state index contributed by atoms with van der Waals surface area (Å²) >= 11 is 0. The van der Waals surface area contributed by atoms with Crippen LogP contribution in [0, 0.1) is 0 Å². The van der Waals surface area contributed by atoms with E-state index >= 15 is 0 Å². The molecule has 0 bridgehead atoms. The maximum Gasteiger partial charge on any atom is 0.251 e. The minimum absolute atomic E-state index is 0.0620. The first-order chi connectivity index (χ1) is 9.60. The summed E-state index contributed by atoms with van der Waals surface area (Å²) in [6.07, 6.45) is 3.66. The fourth-order valence-electron chi connectivity index (χ4n) is 1.88. The van der Waals surface area contributed by atoms with Gasteiger partial charge in [-0.3, -0.25) is 9.59 Å². The number of rotatable bonds is 6. The quantitative estimate of drug-likeness (QED) is 0.738. The molecule has 5 nitrogen and oxygen atoms in total. The van der Waals surface area contributed by atoms with Crippen molar-refractivity contribution in [3.63, 3.8) is 0 Å². The first-order valence-corrected chi connectivity index (χ1v) is 7.07. The van der Waals surface area contributed by atoms with Crippen molar-refractivity contribution in [1.82, 2.24) is 5.32 Å². The second-order valence-electron chi connectivity index (χ2n) is 5.21. The topological polar surface area (TPSA) is 84.2 Å². The van der Waals surface area contributed by atoms with Crippen molar-refractivity contribution in [2.75, 3.05) is 5.32 Å². The maximum atomic E-state index is 11.8. The third-order valence-electron chi connectivity index (χ3n) is 3.26. The van der Waals surface area contributed by atoms with Crippen LogP contribution >= 0.6 is 0 Å². The number of nitrogens with one attached hydrogen (secondary N) is 2. The van der Waals surface area contributed by atoms with E-state index in [1.165, 1.54) is 0 Å². The number of amides is 2. The number of hydrogen-bond acceptors (Lipinski definition) is 3. The molecular formula is C15H21N3O2. The van der Waals surface area contributed by atoms with Gasteiger partial charge in [0.25, 0.3) is 5.91 Å². The van der Waals surface area contributed by atoms with E-state index in [9.17, 15) is 9.59 Å². The Kier molecular flexibility index (Phi) is 4.74. The zero-order chi connectivity index (χ0) is 14.5. The van der Waals surface area contributed by atoms with E-state index in [0.29, 0.717) is 23.7 Å². The third-order valence-corrected chi connectivity index (χ3v) is 3.26. The predicted molar refractivity (Wildman–Crippen MR) is 78.4 cm³/mol. The molecule has 2 amide bonds. The highest BCUT2D eigenvalue weighted by Gasteiger charge is 2.23. The van der Waals surface area contributed by atoms with Crippen LogP contribution < -0.4 is 16.4 Å². The Labute approximate surface area is 118 Å². The summed E-state index contributed by atoms with van der Waals surface area (Å²) in [5, 5.41) is 5.67. The minimum atomic E-state index is -0.488. The van der Waals surface area contributed by atoms with E-state index < -0.39 is 6.04 Å². The summed E-state index contributed by atoms with van der Waals surface area (Å²) in [4.78, 5) is 23.6. The lowest BCUT2D eigenvalue weighted by Gasteiger charge is -2.11. The summed E-state index contributed by atoms with van der Waals surface area (Å²) in [5.74, 6) is -0.255. The molecule has 1 fully saturated rings. The molecule has 0 aliphatic heterocycles. The molecule has 4 N–H and O–H groups in total.